The van der Waals surface area contributed by atoms with Gasteiger partial charge in [0.1, 0.15) is 0 Å². The lowest BCUT2D eigenvalue weighted by Crippen LogP contribution is -2.09. The highest BCUT2D eigenvalue weighted by Crippen LogP contribution is 2.35. The molecule has 0 saturated heterocycles. The van der Waals surface area contributed by atoms with Crippen LogP contribution in [0.3, 0.4) is 0 Å². The first-order valence-corrected chi connectivity index (χ1v) is 7.79. The molecule has 0 fully saturated rings. The maximum Gasteiger partial charge on any atom is 0.0427 e. The average molecular weight is 253 g/mol. The molecule has 0 bridgehead atoms. The molecule has 1 nitrogen and oxygen atoms in total. The zero-order chi connectivity index (χ0) is 11.5. The van der Waals surface area contributed by atoms with E-state index in [1.807, 2.05) is 23.1 Å². The van der Waals surface area contributed by atoms with E-state index in [9.17, 15) is 0 Å². The summed E-state index contributed by atoms with van der Waals surface area (Å²) in [6.45, 7) is 6.19. The van der Waals surface area contributed by atoms with Crippen LogP contribution in [0.2, 0.25) is 0 Å². The van der Waals surface area contributed by atoms with E-state index in [4.69, 9.17) is 5.73 Å². The van der Waals surface area contributed by atoms with Crippen molar-refractivity contribution in [1.82, 2.24) is 0 Å². The van der Waals surface area contributed by atoms with E-state index in [1.54, 1.807) is 4.88 Å². The number of fused-ring (bicyclic) bond motifs is 1. The van der Waals surface area contributed by atoms with Gasteiger partial charge in [-0.15, -0.1) is 11.3 Å². The van der Waals surface area contributed by atoms with E-state index < -0.39 is 0 Å². The number of hydrogen-bond donors (Lipinski definition) is 1. The Balaban J connectivity index is 2.08. The van der Waals surface area contributed by atoms with Crippen LogP contribution in [0.1, 0.15) is 41.1 Å². The number of thiophene rings is 1. The number of rotatable bonds is 4. The topological polar surface area (TPSA) is 26.0 Å². The van der Waals surface area contributed by atoms with Crippen LogP contribution in [0, 0.1) is 0 Å². The van der Waals surface area contributed by atoms with Gasteiger partial charge in [-0.2, -0.15) is 11.8 Å². The molecule has 1 aliphatic rings. The third-order valence-electron chi connectivity index (χ3n) is 3.02. The van der Waals surface area contributed by atoms with Crippen LogP contribution in [0.15, 0.2) is 18.2 Å². The van der Waals surface area contributed by atoms with Gasteiger partial charge in [0.15, 0.2) is 0 Å². The van der Waals surface area contributed by atoms with Crippen molar-refractivity contribution >= 4 is 23.1 Å². The summed E-state index contributed by atoms with van der Waals surface area (Å²) in [5.41, 5.74) is 9.01. The molecule has 88 valence electrons. The molecule has 0 radical (unpaired) electrons. The monoisotopic (exact) mass is 253 g/mol. The molecule has 0 aromatic carbocycles. The average Bonchev–Trinajstić information content (AvgIpc) is 2.72. The first-order chi connectivity index (χ1) is 7.70. The van der Waals surface area contributed by atoms with Crippen LogP contribution in [0.25, 0.3) is 0 Å². The lowest BCUT2D eigenvalue weighted by atomic mass is 10.0. The summed E-state index contributed by atoms with van der Waals surface area (Å²) in [4.78, 5) is 2.91. The Hall–Kier alpha value is -0.250. The van der Waals surface area contributed by atoms with Gasteiger partial charge in [-0.3, -0.25) is 0 Å². The predicted molar refractivity (Wildman–Crippen MR) is 75.2 cm³/mol. The molecule has 1 unspecified atom stereocenters. The van der Waals surface area contributed by atoms with Crippen LogP contribution in [0.4, 0.5) is 0 Å². The van der Waals surface area contributed by atoms with Crippen molar-refractivity contribution in [3.63, 3.8) is 0 Å². The summed E-state index contributed by atoms with van der Waals surface area (Å²) in [6, 6.07) is 2.48. The summed E-state index contributed by atoms with van der Waals surface area (Å²) in [7, 11) is 0. The first-order valence-electron chi connectivity index (χ1n) is 5.82. The summed E-state index contributed by atoms with van der Waals surface area (Å²) >= 11 is 3.95. The summed E-state index contributed by atoms with van der Waals surface area (Å²) in [6.07, 6.45) is 3.20. The van der Waals surface area contributed by atoms with E-state index >= 15 is 0 Å². The third kappa shape index (κ3) is 2.70. The molecule has 0 spiro atoms. The minimum Gasteiger partial charge on any atom is -0.323 e. The predicted octanol–water partition coefficient (Wildman–Crippen LogP) is 3.89. The van der Waals surface area contributed by atoms with E-state index in [0.717, 1.165) is 12.8 Å². The first kappa shape index (κ1) is 12.2. The van der Waals surface area contributed by atoms with Crippen LogP contribution in [-0.4, -0.2) is 5.75 Å². The molecular weight excluding hydrogens is 234 g/mol. The Kier molecular flexibility index (Phi) is 4.11. The van der Waals surface area contributed by atoms with Gasteiger partial charge in [0.2, 0.25) is 0 Å². The Bertz CT molecular complexity index is 358. The van der Waals surface area contributed by atoms with Crippen molar-refractivity contribution in [2.45, 2.75) is 38.0 Å². The Morgan fingerprint density at radius 1 is 1.62 bits per heavy atom. The van der Waals surface area contributed by atoms with E-state index in [1.165, 1.54) is 33.9 Å². The van der Waals surface area contributed by atoms with E-state index in [2.05, 4.69) is 19.6 Å². The molecule has 0 aliphatic carbocycles. The van der Waals surface area contributed by atoms with Crippen molar-refractivity contribution in [2.75, 3.05) is 5.75 Å². The van der Waals surface area contributed by atoms with Gasteiger partial charge < -0.3 is 5.73 Å². The summed E-state index contributed by atoms with van der Waals surface area (Å²) in [5, 5.41) is 0. The number of aryl methyl sites for hydroxylation is 1. The standard InChI is InChI=1S/C13H19NS2/c1-3-9(2)6-11(14)13-7-10-8-15-5-4-12(10)16-13/h7,11H,2-6,8,14H2,1H3. The molecule has 1 aromatic rings. The zero-order valence-corrected chi connectivity index (χ0v) is 11.4. The highest BCUT2D eigenvalue weighted by atomic mass is 32.2. The van der Waals surface area contributed by atoms with Crippen molar-refractivity contribution in [2.24, 2.45) is 5.73 Å². The smallest absolute Gasteiger partial charge is 0.0427 e. The second-order valence-electron chi connectivity index (χ2n) is 4.31. The van der Waals surface area contributed by atoms with Crippen molar-refractivity contribution < 1.29 is 0 Å². The molecule has 2 heterocycles. The molecule has 0 amide bonds. The molecule has 2 rings (SSSR count). The molecule has 1 aliphatic heterocycles. The van der Waals surface area contributed by atoms with Gasteiger partial charge in [-0.05, 0) is 36.6 Å². The molecule has 1 aromatic heterocycles. The largest absolute Gasteiger partial charge is 0.323 e. The van der Waals surface area contributed by atoms with Crippen LogP contribution < -0.4 is 5.73 Å². The fraction of sp³-hybridized carbons (Fsp3) is 0.538. The van der Waals surface area contributed by atoms with Gasteiger partial charge in [-0.25, -0.2) is 0 Å². The Labute approximate surface area is 106 Å². The minimum atomic E-state index is 0.160. The second-order valence-corrected chi connectivity index (χ2v) is 6.59. The van der Waals surface area contributed by atoms with Gasteiger partial charge in [0, 0.05) is 21.5 Å². The highest BCUT2D eigenvalue weighted by molar-refractivity contribution is 7.98. The molecular formula is C13H19NS2. The van der Waals surface area contributed by atoms with Crippen LogP contribution in [-0.2, 0) is 12.2 Å². The quantitative estimate of drug-likeness (QED) is 0.824. The molecule has 3 heteroatoms. The van der Waals surface area contributed by atoms with Gasteiger partial charge >= 0.3 is 0 Å². The fourth-order valence-corrected chi connectivity index (χ4v) is 4.29. The maximum absolute atomic E-state index is 6.23. The Morgan fingerprint density at radius 3 is 3.12 bits per heavy atom. The lowest BCUT2D eigenvalue weighted by Gasteiger charge is -2.10. The van der Waals surface area contributed by atoms with Crippen molar-refractivity contribution in [3.05, 3.63) is 33.5 Å². The van der Waals surface area contributed by atoms with Crippen LogP contribution >= 0.6 is 23.1 Å². The van der Waals surface area contributed by atoms with Crippen molar-refractivity contribution in [1.29, 1.82) is 0 Å². The fourth-order valence-electron chi connectivity index (χ4n) is 1.91. The summed E-state index contributed by atoms with van der Waals surface area (Å²) in [5.74, 6) is 2.44. The third-order valence-corrected chi connectivity index (χ3v) is 5.40. The summed E-state index contributed by atoms with van der Waals surface area (Å²) < 4.78 is 0. The van der Waals surface area contributed by atoms with Crippen molar-refractivity contribution in [3.8, 4) is 0 Å². The lowest BCUT2D eigenvalue weighted by molar-refractivity contribution is 0.713. The van der Waals surface area contributed by atoms with Gasteiger partial charge in [0.05, 0.1) is 0 Å². The molecule has 16 heavy (non-hydrogen) atoms. The molecule has 1 atom stereocenters. The zero-order valence-electron chi connectivity index (χ0n) is 9.79. The SMILES string of the molecule is C=C(CC)CC(N)c1cc2c(s1)CCSC2. The second kappa shape index (κ2) is 5.39. The maximum atomic E-state index is 6.23. The van der Waals surface area contributed by atoms with E-state index in [0.29, 0.717) is 0 Å². The molecule has 0 saturated carbocycles. The Morgan fingerprint density at radius 2 is 2.44 bits per heavy atom. The molecule has 2 N–H and O–H groups in total. The number of nitrogens with two attached hydrogens (primary N) is 1. The van der Waals surface area contributed by atoms with Gasteiger partial charge in [-0.1, -0.05) is 19.1 Å². The van der Waals surface area contributed by atoms with E-state index in [-0.39, 0.29) is 6.04 Å². The minimum absolute atomic E-state index is 0.160. The number of hydrogen-bond acceptors (Lipinski definition) is 3. The highest BCUT2D eigenvalue weighted by Gasteiger charge is 2.17. The number of thioether (sulfide) groups is 1. The normalized spacial score (nSPS) is 16.9. The van der Waals surface area contributed by atoms with Crippen LogP contribution in [0.5, 0.6) is 0 Å². The van der Waals surface area contributed by atoms with Gasteiger partial charge in [0.25, 0.3) is 0 Å².